The molecule has 8 nitrogen and oxygen atoms in total. The number of halogens is 3. The summed E-state index contributed by atoms with van der Waals surface area (Å²) in [4.78, 5) is 39.1. The Morgan fingerprint density at radius 1 is 1.19 bits per heavy atom. The summed E-state index contributed by atoms with van der Waals surface area (Å²) in [5, 5.41) is 5.80. The Bertz CT molecular complexity index is 1080. The van der Waals surface area contributed by atoms with Crippen molar-refractivity contribution < 1.29 is 37.1 Å². The summed E-state index contributed by atoms with van der Waals surface area (Å²) in [6.07, 6.45) is -0.533. The molecule has 1 N–H and O–H groups in total. The van der Waals surface area contributed by atoms with Crippen LogP contribution < -0.4 is 10.2 Å². The average Bonchev–Trinajstić information content (AvgIpc) is 3.08. The van der Waals surface area contributed by atoms with Gasteiger partial charge in [0.25, 0.3) is 0 Å². The number of carbonyl (C=O) groups excluding carboxylic acids is 3. The van der Waals surface area contributed by atoms with Crippen LogP contribution in [0.3, 0.4) is 0 Å². The molecule has 0 unspecified atom stereocenters. The molecular formula is C21H18F3N3O5. The van der Waals surface area contributed by atoms with Crippen LogP contribution in [-0.2, 0) is 19.2 Å². The summed E-state index contributed by atoms with van der Waals surface area (Å²) in [5.41, 5.74) is -0.707. The molecule has 2 amide bonds. The van der Waals surface area contributed by atoms with E-state index in [1.807, 2.05) is 0 Å². The van der Waals surface area contributed by atoms with Gasteiger partial charge in [-0.3, -0.25) is 9.69 Å². The molecule has 1 saturated heterocycles. The molecule has 1 fully saturated rings. The van der Waals surface area contributed by atoms with Crippen molar-refractivity contribution in [3.8, 4) is 11.1 Å². The molecule has 32 heavy (non-hydrogen) atoms. The van der Waals surface area contributed by atoms with Crippen molar-refractivity contribution in [2.45, 2.75) is 20.0 Å². The van der Waals surface area contributed by atoms with E-state index in [9.17, 15) is 27.6 Å². The minimum absolute atomic E-state index is 0.0116. The van der Waals surface area contributed by atoms with Gasteiger partial charge in [0.1, 0.15) is 23.6 Å². The van der Waals surface area contributed by atoms with Crippen molar-refractivity contribution in [1.82, 2.24) is 5.32 Å². The number of oxime groups is 1. The zero-order chi connectivity index (χ0) is 23.4. The van der Waals surface area contributed by atoms with Gasteiger partial charge in [-0.15, -0.1) is 0 Å². The van der Waals surface area contributed by atoms with Crippen LogP contribution >= 0.6 is 0 Å². The van der Waals surface area contributed by atoms with E-state index >= 15 is 0 Å². The third-order valence-electron chi connectivity index (χ3n) is 4.45. The van der Waals surface area contributed by atoms with Gasteiger partial charge in [-0.05, 0) is 29.8 Å². The Morgan fingerprint density at radius 2 is 1.88 bits per heavy atom. The van der Waals surface area contributed by atoms with Gasteiger partial charge in [0, 0.05) is 19.4 Å². The first-order valence-electron chi connectivity index (χ1n) is 9.38. The smallest absolute Gasteiger partial charge is 0.414 e. The molecule has 0 saturated carbocycles. The number of nitrogens with one attached hydrogen (secondary N) is 1. The number of carbonyl (C=O) groups is 3. The molecule has 0 spiro atoms. The maximum atomic E-state index is 14.8. The van der Waals surface area contributed by atoms with E-state index in [4.69, 9.17) is 4.74 Å². The van der Waals surface area contributed by atoms with E-state index in [-0.39, 0.29) is 35.8 Å². The zero-order valence-corrected chi connectivity index (χ0v) is 17.0. The SMILES string of the molecule is CC(=O)NC[C@H]1CN(c2cc(F)c(-c3ccc(/C=N/OC(C)=O)c(F)c3)c(F)c2)C(=O)O1. The molecule has 3 rings (SSSR count). The first kappa shape index (κ1) is 22.8. The largest absolute Gasteiger partial charge is 0.442 e. The normalized spacial score (nSPS) is 15.7. The Labute approximate surface area is 180 Å². The lowest BCUT2D eigenvalue weighted by Crippen LogP contribution is -2.33. The predicted molar refractivity (Wildman–Crippen MR) is 107 cm³/mol. The fraction of sp³-hybridized carbons (Fsp3) is 0.238. The van der Waals surface area contributed by atoms with E-state index in [2.05, 4.69) is 15.3 Å². The fourth-order valence-electron chi connectivity index (χ4n) is 3.03. The lowest BCUT2D eigenvalue weighted by molar-refractivity contribution is -0.140. The third-order valence-corrected chi connectivity index (χ3v) is 4.45. The van der Waals surface area contributed by atoms with Gasteiger partial charge in [0.15, 0.2) is 0 Å². The number of anilines is 1. The highest BCUT2D eigenvalue weighted by molar-refractivity contribution is 5.90. The first-order chi connectivity index (χ1) is 15.2. The Kier molecular flexibility index (Phi) is 6.76. The van der Waals surface area contributed by atoms with Gasteiger partial charge in [0.05, 0.1) is 30.6 Å². The van der Waals surface area contributed by atoms with E-state index in [0.29, 0.717) is 0 Å². The van der Waals surface area contributed by atoms with E-state index in [1.54, 1.807) is 0 Å². The van der Waals surface area contributed by atoms with Crippen molar-refractivity contribution in [3.63, 3.8) is 0 Å². The highest BCUT2D eigenvalue weighted by atomic mass is 19.1. The summed E-state index contributed by atoms with van der Waals surface area (Å²) in [5.74, 6) is -3.87. The molecule has 1 atom stereocenters. The lowest BCUT2D eigenvalue weighted by Gasteiger charge is -2.15. The Morgan fingerprint density at radius 3 is 2.47 bits per heavy atom. The van der Waals surface area contributed by atoms with Gasteiger partial charge in [-0.2, -0.15) is 0 Å². The second-order valence-corrected chi connectivity index (χ2v) is 6.89. The minimum Gasteiger partial charge on any atom is -0.442 e. The summed E-state index contributed by atoms with van der Waals surface area (Å²) in [7, 11) is 0. The molecule has 0 aromatic heterocycles. The van der Waals surface area contributed by atoms with Crippen LogP contribution in [0.25, 0.3) is 11.1 Å². The van der Waals surface area contributed by atoms with Crippen LogP contribution in [0.2, 0.25) is 0 Å². The highest BCUT2D eigenvalue weighted by Gasteiger charge is 2.33. The standard InChI is InChI=1S/C21H18F3N3O5/c1-11(28)25-9-16-10-27(21(30)31-16)15-6-18(23)20(19(24)7-15)13-3-4-14(17(22)5-13)8-26-32-12(2)29/h3-8,16H,9-10H2,1-2H3,(H,25,28)/b26-8+/t16-/m0/s1. The molecule has 168 valence electrons. The van der Waals surface area contributed by atoms with Crippen molar-refractivity contribution in [3.05, 3.63) is 53.3 Å². The van der Waals surface area contributed by atoms with Crippen LogP contribution in [0.15, 0.2) is 35.5 Å². The summed E-state index contributed by atoms with van der Waals surface area (Å²) >= 11 is 0. The fourth-order valence-corrected chi connectivity index (χ4v) is 3.03. The number of ether oxygens (including phenoxy) is 1. The molecule has 2 aromatic carbocycles. The van der Waals surface area contributed by atoms with Crippen LogP contribution in [-0.4, -0.2) is 43.4 Å². The summed E-state index contributed by atoms with van der Waals surface area (Å²) < 4.78 is 48.9. The maximum Gasteiger partial charge on any atom is 0.414 e. The van der Waals surface area contributed by atoms with Gasteiger partial charge in [0.2, 0.25) is 5.91 Å². The van der Waals surface area contributed by atoms with Crippen molar-refractivity contribution in [2.75, 3.05) is 18.0 Å². The van der Waals surface area contributed by atoms with Gasteiger partial charge >= 0.3 is 12.1 Å². The molecule has 2 aromatic rings. The maximum absolute atomic E-state index is 14.8. The topological polar surface area (TPSA) is 97.3 Å². The van der Waals surface area contributed by atoms with Crippen LogP contribution in [0.5, 0.6) is 0 Å². The monoisotopic (exact) mass is 449 g/mol. The summed E-state index contributed by atoms with van der Waals surface area (Å²) in [6, 6.07) is 5.27. The molecule has 1 heterocycles. The quantitative estimate of drug-likeness (QED) is 0.415. The second kappa shape index (κ2) is 9.50. The number of hydrogen-bond donors (Lipinski definition) is 1. The molecule has 0 aliphatic carbocycles. The van der Waals surface area contributed by atoms with Crippen molar-refractivity contribution in [1.29, 1.82) is 0 Å². The Balaban J connectivity index is 1.83. The minimum atomic E-state index is -1.01. The number of amides is 2. The summed E-state index contributed by atoms with van der Waals surface area (Å²) in [6.45, 7) is 2.48. The van der Waals surface area contributed by atoms with Crippen molar-refractivity contribution >= 4 is 29.9 Å². The lowest BCUT2D eigenvalue weighted by atomic mass is 10.0. The predicted octanol–water partition coefficient (Wildman–Crippen LogP) is 3.13. The number of hydrogen-bond acceptors (Lipinski definition) is 6. The van der Waals surface area contributed by atoms with Crippen molar-refractivity contribution in [2.24, 2.45) is 5.16 Å². The number of rotatable bonds is 6. The zero-order valence-electron chi connectivity index (χ0n) is 17.0. The van der Waals surface area contributed by atoms with E-state index in [0.717, 1.165) is 36.2 Å². The molecule has 0 bridgehead atoms. The third kappa shape index (κ3) is 5.23. The van der Waals surface area contributed by atoms with Crippen LogP contribution in [0.1, 0.15) is 19.4 Å². The molecule has 1 aliphatic heterocycles. The number of benzene rings is 2. The van der Waals surface area contributed by atoms with E-state index < -0.39 is 41.2 Å². The Hall–Kier alpha value is -3.89. The number of nitrogens with zero attached hydrogens (tertiary/aromatic N) is 2. The molecule has 1 aliphatic rings. The van der Waals surface area contributed by atoms with Gasteiger partial charge in [-0.25, -0.2) is 22.8 Å². The van der Waals surface area contributed by atoms with Crippen LogP contribution in [0.4, 0.5) is 23.7 Å². The van der Waals surface area contributed by atoms with Crippen LogP contribution in [0, 0.1) is 17.5 Å². The average molecular weight is 449 g/mol. The van der Waals surface area contributed by atoms with Gasteiger partial charge in [-0.1, -0.05) is 11.2 Å². The number of cyclic esters (lactones) is 1. The van der Waals surface area contributed by atoms with E-state index in [1.165, 1.54) is 19.1 Å². The van der Waals surface area contributed by atoms with Gasteiger partial charge < -0.3 is 14.9 Å². The first-order valence-corrected chi connectivity index (χ1v) is 9.38. The molecular weight excluding hydrogens is 431 g/mol. The highest BCUT2D eigenvalue weighted by Crippen LogP contribution is 2.32. The second-order valence-electron chi connectivity index (χ2n) is 6.89. The molecule has 0 radical (unpaired) electrons. The molecule has 11 heteroatoms.